The summed E-state index contributed by atoms with van der Waals surface area (Å²) in [5.74, 6) is 0.227. The van der Waals surface area contributed by atoms with E-state index < -0.39 is 5.97 Å². The summed E-state index contributed by atoms with van der Waals surface area (Å²) in [5, 5.41) is 19.9. The molecule has 0 fully saturated rings. The maximum absolute atomic E-state index is 10.9. The summed E-state index contributed by atoms with van der Waals surface area (Å²) in [6.07, 6.45) is 21.6. The molecular weight excluding hydrogens is 468 g/mol. The van der Waals surface area contributed by atoms with Crippen molar-refractivity contribution < 1.29 is 15.0 Å². The average molecular weight is 531 g/mol. The second-order valence-electron chi connectivity index (χ2n) is 13.8. The van der Waals surface area contributed by atoms with Gasteiger partial charge in [0.25, 0.3) is 0 Å². The molecule has 0 saturated heterocycles. The molecule has 0 aliphatic heterocycles. The Labute approximate surface area is 236 Å². The zero-order valence-corrected chi connectivity index (χ0v) is 26.3. The summed E-state index contributed by atoms with van der Waals surface area (Å²) in [5.41, 5.74) is 3.70. The maximum atomic E-state index is 10.9. The van der Waals surface area contributed by atoms with Crippen molar-refractivity contribution in [2.75, 3.05) is 0 Å². The summed E-state index contributed by atoms with van der Waals surface area (Å²) in [6.45, 7) is 15.8. The van der Waals surface area contributed by atoms with Crippen LogP contribution in [0.1, 0.15) is 187 Å². The molecular formula is C35H62O3. The van der Waals surface area contributed by atoms with E-state index in [1.54, 1.807) is 0 Å². The molecule has 220 valence electrons. The number of aromatic hydroxyl groups is 1. The Morgan fingerprint density at radius 1 is 0.658 bits per heavy atom. The molecule has 1 atom stereocenters. The molecule has 3 nitrogen and oxygen atoms in total. The van der Waals surface area contributed by atoms with Crippen LogP contribution in [0, 0.1) is 0 Å². The van der Waals surface area contributed by atoms with Gasteiger partial charge < -0.3 is 10.2 Å². The third-order valence-electron chi connectivity index (χ3n) is 8.00. The largest absolute Gasteiger partial charge is 0.508 e. The van der Waals surface area contributed by atoms with Crippen molar-refractivity contribution in [1.82, 2.24) is 0 Å². The van der Waals surface area contributed by atoms with E-state index in [-0.39, 0.29) is 17.3 Å². The molecule has 0 aliphatic carbocycles. The number of carboxylic acid groups (broad SMARTS) is 1. The molecule has 0 heterocycles. The first-order valence-electron chi connectivity index (χ1n) is 16.0. The summed E-state index contributed by atoms with van der Waals surface area (Å²) in [7, 11) is 0. The minimum absolute atomic E-state index is 0.0481. The first-order valence-corrected chi connectivity index (χ1v) is 16.0. The number of carboxylic acids is 1. The van der Waals surface area contributed by atoms with E-state index >= 15 is 0 Å². The second-order valence-corrected chi connectivity index (χ2v) is 13.8. The number of phenols is 1. The summed E-state index contributed by atoms with van der Waals surface area (Å²) < 4.78 is 0. The molecule has 1 aromatic rings. The van der Waals surface area contributed by atoms with Gasteiger partial charge >= 0.3 is 5.97 Å². The minimum atomic E-state index is -0.687. The lowest BCUT2D eigenvalue weighted by atomic mass is 9.69. The van der Waals surface area contributed by atoms with Gasteiger partial charge in [-0.05, 0) is 53.2 Å². The Morgan fingerprint density at radius 3 is 1.50 bits per heavy atom. The molecule has 0 bridgehead atoms. The SMILES string of the molecule is CCCCCCCCCCCCCC(CCCCCCC(=O)O)c1ccc(O)c(C(C)(C)C)c1C(C)(C)C. The average Bonchev–Trinajstić information content (AvgIpc) is 2.81. The molecule has 0 radical (unpaired) electrons. The number of unbranched alkanes of at least 4 members (excludes halogenated alkanes) is 13. The van der Waals surface area contributed by atoms with Crippen LogP contribution in [-0.4, -0.2) is 16.2 Å². The fraction of sp³-hybridized carbons (Fsp3) is 0.800. The fourth-order valence-electron chi connectivity index (χ4n) is 6.05. The third-order valence-corrected chi connectivity index (χ3v) is 8.00. The monoisotopic (exact) mass is 530 g/mol. The van der Waals surface area contributed by atoms with Gasteiger partial charge in [0, 0.05) is 12.0 Å². The minimum Gasteiger partial charge on any atom is -0.508 e. The zero-order valence-electron chi connectivity index (χ0n) is 26.3. The molecule has 0 aliphatic rings. The van der Waals surface area contributed by atoms with E-state index in [0.717, 1.165) is 37.7 Å². The van der Waals surface area contributed by atoms with E-state index in [1.807, 2.05) is 6.07 Å². The second kappa shape index (κ2) is 18.0. The normalized spacial score (nSPS) is 13.1. The van der Waals surface area contributed by atoms with Crippen LogP contribution < -0.4 is 0 Å². The molecule has 1 unspecified atom stereocenters. The van der Waals surface area contributed by atoms with Crippen molar-refractivity contribution in [1.29, 1.82) is 0 Å². The van der Waals surface area contributed by atoms with Crippen LogP contribution in [0.25, 0.3) is 0 Å². The topological polar surface area (TPSA) is 57.5 Å². The predicted molar refractivity (Wildman–Crippen MR) is 165 cm³/mol. The van der Waals surface area contributed by atoms with Crippen molar-refractivity contribution in [3.05, 3.63) is 28.8 Å². The van der Waals surface area contributed by atoms with Crippen LogP contribution in [0.2, 0.25) is 0 Å². The quantitative estimate of drug-likeness (QED) is 0.165. The van der Waals surface area contributed by atoms with Crippen LogP contribution in [0.5, 0.6) is 5.75 Å². The van der Waals surface area contributed by atoms with E-state index in [1.165, 1.54) is 88.2 Å². The van der Waals surface area contributed by atoms with Crippen molar-refractivity contribution in [2.24, 2.45) is 0 Å². The fourth-order valence-corrected chi connectivity index (χ4v) is 6.05. The standard InChI is InChI=1S/C35H62O3/c1-8-9-10-11-12-13-14-15-16-17-20-23-28(24-21-18-19-22-25-31(37)38)29-26-27-30(36)33(35(5,6)7)32(29)34(2,3)4/h26-28,36H,8-25H2,1-7H3,(H,37,38). The van der Waals surface area contributed by atoms with Crippen molar-refractivity contribution in [3.63, 3.8) is 0 Å². The Balaban J connectivity index is 2.85. The number of rotatable bonds is 20. The smallest absolute Gasteiger partial charge is 0.303 e. The molecule has 0 saturated carbocycles. The summed E-state index contributed by atoms with van der Waals surface area (Å²) in [6, 6.07) is 4.14. The first kappa shape index (κ1) is 34.5. The van der Waals surface area contributed by atoms with E-state index in [9.17, 15) is 9.90 Å². The Kier molecular flexibility index (Phi) is 16.3. The molecule has 1 aromatic carbocycles. The lowest BCUT2D eigenvalue weighted by Gasteiger charge is -2.35. The highest BCUT2D eigenvalue weighted by atomic mass is 16.4. The number of hydrogen-bond acceptors (Lipinski definition) is 2. The van der Waals surface area contributed by atoms with Gasteiger partial charge in [0.2, 0.25) is 0 Å². The van der Waals surface area contributed by atoms with Gasteiger partial charge in [-0.1, -0.05) is 144 Å². The third kappa shape index (κ3) is 13.5. The van der Waals surface area contributed by atoms with E-state index in [4.69, 9.17) is 5.11 Å². The van der Waals surface area contributed by atoms with E-state index in [2.05, 4.69) is 54.5 Å². The molecule has 1 rings (SSSR count). The molecule has 0 aromatic heterocycles. The summed E-state index contributed by atoms with van der Waals surface area (Å²) in [4.78, 5) is 10.9. The van der Waals surface area contributed by atoms with Crippen LogP contribution in [-0.2, 0) is 15.6 Å². The highest BCUT2D eigenvalue weighted by Gasteiger charge is 2.32. The number of phenolic OH excluding ortho intramolecular Hbond substituents is 1. The van der Waals surface area contributed by atoms with Crippen LogP contribution >= 0.6 is 0 Å². The molecule has 38 heavy (non-hydrogen) atoms. The Bertz CT molecular complexity index is 782. The number of aliphatic carboxylic acids is 1. The van der Waals surface area contributed by atoms with Gasteiger partial charge in [-0.2, -0.15) is 0 Å². The van der Waals surface area contributed by atoms with Crippen LogP contribution in [0.3, 0.4) is 0 Å². The molecule has 0 amide bonds. The lowest BCUT2D eigenvalue weighted by Crippen LogP contribution is -2.25. The van der Waals surface area contributed by atoms with Crippen molar-refractivity contribution in [3.8, 4) is 5.75 Å². The van der Waals surface area contributed by atoms with Crippen LogP contribution in [0.4, 0.5) is 0 Å². The van der Waals surface area contributed by atoms with Gasteiger partial charge in [-0.25, -0.2) is 0 Å². The zero-order chi connectivity index (χ0) is 28.6. The van der Waals surface area contributed by atoms with Crippen LogP contribution in [0.15, 0.2) is 12.1 Å². The van der Waals surface area contributed by atoms with Gasteiger partial charge in [0.1, 0.15) is 5.75 Å². The molecule has 0 spiro atoms. The number of hydrogen-bond donors (Lipinski definition) is 2. The van der Waals surface area contributed by atoms with Crippen molar-refractivity contribution >= 4 is 5.97 Å². The first-order chi connectivity index (χ1) is 17.9. The van der Waals surface area contributed by atoms with Gasteiger partial charge in [-0.15, -0.1) is 0 Å². The Morgan fingerprint density at radius 2 is 1.08 bits per heavy atom. The predicted octanol–water partition coefficient (Wildman–Crippen LogP) is 11.2. The number of carbonyl (C=O) groups is 1. The van der Waals surface area contributed by atoms with Gasteiger partial charge in [0.15, 0.2) is 0 Å². The maximum Gasteiger partial charge on any atom is 0.303 e. The van der Waals surface area contributed by atoms with Crippen molar-refractivity contribution in [2.45, 2.75) is 181 Å². The number of benzene rings is 1. The highest BCUT2D eigenvalue weighted by molar-refractivity contribution is 5.66. The van der Waals surface area contributed by atoms with Gasteiger partial charge in [-0.3, -0.25) is 4.79 Å². The van der Waals surface area contributed by atoms with E-state index in [0.29, 0.717) is 11.7 Å². The summed E-state index contributed by atoms with van der Waals surface area (Å²) >= 11 is 0. The highest BCUT2D eigenvalue weighted by Crippen LogP contribution is 2.45. The molecule has 3 heteroatoms. The lowest BCUT2D eigenvalue weighted by molar-refractivity contribution is -0.137. The molecule has 2 N–H and O–H groups in total. The Hall–Kier alpha value is -1.51. The van der Waals surface area contributed by atoms with Gasteiger partial charge in [0.05, 0.1) is 0 Å².